The fraction of sp³-hybridized carbons (Fsp3) is 0.200. The SMILES string of the molecule is Cc1c(F)cccc1[C@@]1(C=O)Cc2nc(-c3ccc(F)cc3)sc2C1. The number of aromatic nitrogens is 1. The Morgan fingerprint density at radius 1 is 1.12 bits per heavy atom. The monoisotopic (exact) mass is 355 g/mol. The Labute approximate surface area is 148 Å². The van der Waals surface area contributed by atoms with Crippen LogP contribution in [0.4, 0.5) is 8.78 Å². The van der Waals surface area contributed by atoms with Gasteiger partial charge in [0.05, 0.1) is 11.1 Å². The Kier molecular flexibility index (Phi) is 3.76. The van der Waals surface area contributed by atoms with Gasteiger partial charge in [-0.15, -0.1) is 11.3 Å². The van der Waals surface area contributed by atoms with Gasteiger partial charge in [-0.3, -0.25) is 0 Å². The Morgan fingerprint density at radius 3 is 2.56 bits per heavy atom. The average molecular weight is 355 g/mol. The van der Waals surface area contributed by atoms with Gasteiger partial charge in [-0.2, -0.15) is 0 Å². The van der Waals surface area contributed by atoms with Crippen molar-refractivity contribution in [2.75, 3.05) is 0 Å². The van der Waals surface area contributed by atoms with Gasteiger partial charge in [-0.1, -0.05) is 12.1 Å². The lowest BCUT2D eigenvalue weighted by Crippen LogP contribution is -2.30. The van der Waals surface area contributed by atoms with Crippen molar-refractivity contribution in [2.24, 2.45) is 0 Å². The van der Waals surface area contributed by atoms with Gasteiger partial charge in [0.2, 0.25) is 0 Å². The second-order valence-corrected chi connectivity index (χ2v) is 7.52. The molecule has 25 heavy (non-hydrogen) atoms. The first-order valence-corrected chi connectivity index (χ1v) is 8.80. The summed E-state index contributed by atoms with van der Waals surface area (Å²) in [4.78, 5) is 17.7. The minimum Gasteiger partial charge on any atom is -0.302 e. The van der Waals surface area contributed by atoms with Crippen molar-refractivity contribution in [2.45, 2.75) is 25.2 Å². The van der Waals surface area contributed by atoms with Gasteiger partial charge >= 0.3 is 0 Å². The van der Waals surface area contributed by atoms with Crippen molar-refractivity contribution in [3.63, 3.8) is 0 Å². The van der Waals surface area contributed by atoms with Crippen LogP contribution in [0, 0.1) is 18.6 Å². The molecule has 0 N–H and O–H groups in total. The van der Waals surface area contributed by atoms with Gasteiger partial charge in [0.1, 0.15) is 22.9 Å². The van der Waals surface area contributed by atoms with Gasteiger partial charge in [-0.25, -0.2) is 13.8 Å². The molecule has 0 amide bonds. The van der Waals surface area contributed by atoms with Crippen LogP contribution in [0.1, 0.15) is 21.7 Å². The largest absolute Gasteiger partial charge is 0.302 e. The first kappa shape index (κ1) is 16.1. The lowest BCUT2D eigenvalue weighted by atomic mass is 9.77. The number of rotatable bonds is 3. The van der Waals surface area contributed by atoms with E-state index in [1.54, 1.807) is 25.1 Å². The summed E-state index contributed by atoms with van der Waals surface area (Å²) in [6, 6.07) is 11.1. The molecule has 1 aromatic heterocycles. The van der Waals surface area contributed by atoms with Gasteiger partial charge in [0, 0.05) is 23.3 Å². The average Bonchev–Trinajstić information content (AvgIpc) is 3.14. The summed E-state index contributed by atoms with van der Waals surface area (Å²) in [5, 5.41) is 0.820. The highest BCUT2D eigenvalue weighted by Gasteiger charge is 2.42. The third-order valence-electron chi connectivity index (χ3n) is 4.86. The van der Waals surface area contributed by atoms with Crippen molar-refractivity contribution < 1.29 is 13.6 Å². The zero-order valence-electron chi connectivity index (χ0n) is 13.6. The topological polar surface area (TPSA) is 30.0 Å². The van der Waals surface area contributed by atoms with Crippen LogP contribution >= 0.6 is 11.3 Å². The molecular formula is C20H15F2NOS. The number of carbonyl (C=O) groups is 1. The van der Waals surface area contributed by atoms with E-state index in [9.17, 15) is 13.6 Å². The zero-order valence-corrected chi connectivity index (χ0v) is 14.4. The molecule has 1 heterocycles. The Bertz CT molecular complexity index is 939. The lowest BCUT2D eigenvalue weighted by molar-refractivity contribution is -0.112. The number of benzene rings is 2. The van der Waals surface area contributed by atoms with E-state index >= 15 is 0 Å². The number of thiazole rings is 1. The maximum atomic E-state index is 14.0. The Hall–Kier alpha value is -2.40. The second-order valence-electron chi connectivity index (χ2n) is 6.44. The Balaban J connectivity index is 1.71. The highest BCUT2D eigenvalue weighted by molar-refractivity contribution is 7.15. The first-order chi connectivity index (χ1) is 12.0. The molecule has 0 unspecified atom stereocenters. The molecule has 0 fully saturated rings. The molecule has 1 aliphatic rings. The summed E-state index contributed by atoms with van der Waals surface area (Å²) in [7, 11) is 0. The molecule has 126 valence electrons. The van der Waals surface area contributed by atoms with Crippen molar-refractivity contribution in [1.29, 1.82) is 0 Å². The quantitative estimate of drug-likeness (QED) is 0.641. The van der Waals surface area contributed by atoms with Crippen LogP contribution in [0.5, 0.6) is 0 Å². The van der Waals surface area contributed by atoms with Crippen LogP contribution in [-0.2, 0) is 23.1 Å². The van der Waals surface area contributed by atoms with E-state index in [2.05, 4.69) is 4.98 Å². The number of fused-ring (bicyclic) bond motifs is 1. The lowest BCUT2D eigenvalue weighted by Gasteiger charge is -2.24. The van der Waals surface area contributed by atoms with Crippen LogP contribution in [0.2, 0.25) is 0 Å². The normalized spacial score (nSPS) is 19.0. The molecule has 0 bridgehead atoms. The summed E-state index contributed by atoms with van der Waals surface area (Å²) in [5.74, 6) is -0.580. The third-order valence-corrected chi connectivity index (χ3v) is 6.00. The molecule has 2 nitrogen and oxygen atoms in total. The van der Waals surface area contributed by atoms with Crippen molar-refractivity contribution in [3.8, 4) is 10.6 Å². The number of hydrogen-bond acceptors (Lipinski definition) is 3. The molecule has 5 heteroatoms. The van der Waals surface area contributed by atoms with Gasteiger partial charge < -0.3 is 4.79 Å². The molecule has 0 saturated carbocycles. The minimum absolute atomic E-state index is 0.283. The molecule has 1 aliphatic carbocycles. The number of aldehydes is 1. The smallest absolute Gasteiger partial charge is 0.131 e. The molecule has 3 aromatic rings. The number of carbonyl (C=O) groups excluding carboxylic acids is 1. The van der Waals surface area contributed by atoms with Crippen molar-refractivity contribution in [3.05, 3.63) is 75.8 Å². The third kappa shape index (κ3) is 2.59. The van der Waals surface area contributed by atoms with E-state index in [0.717, 1.165) is 33.0 Å². The zero-order chi connectivity index (χ0) is 17.6. The molecule has 0 aliphatic heterocycles. The maximum absolute atomic E-state index is 14.0. The van der Waals surface area contributed by atoms with Crippen LogP contribution in [0.15, 0.2) is 42.5 Å². The summed E-state index contributed by atoms with van der Waals surface area (Å²) in [6.07, 6.45) is 1.92. The summed E-state index contributed by atoms with van der Waals surface area (Å²) >= 11 is 1.52. The number of nitrogens with zero attached hydrogens (tertiary/aromatic N) is 1. The van der Waals surface area contributed by atoms with E-state index in [4.69, 9.17) is 0 Å². The minimum atomic E-state index is -0.748. The molecule has 1 atom stereocenters. The van der Waals surface area contributed by atoms with E-state index in [1.807, 2.05) is 6.07 Å². The van der Waals surface area contributed by atoms with E-state index in [1.165, 1.54) is 29.5 Å². The molecular weight excluding hydrogens is 340 g/mol. The summed E-state index contributed by atoms with van der Waals surface area (Å²) < 4.78 is 27.0. The highest BCUT2D eigenvalue weighted by atomic mass is 32.1. The van der Waals surface area contributed by atoms with Gasteiger partial charge in [-0.05, 0) is 48.4 Å². The van der Waals surface area contributed by atoms with Crippen molar-refractivity contribution >= 4 is 17.6 Å². The fourth-order valence-corrected chi connectivity index (χ4v) is 4.72. The van der Waals surface area contributed by atoms with Crippen LogP contribution in [0.3, 0.4) is 0 Å². The first-order valence-electron chi connectivity index (χ1n) is 7.99. The van der Waals surface area contributed by atoms with E-state index in [-0.39, 0.29) is 11.6 Å². The van der Waals surface area contributed by atoms with E-state index < -0.39 is 5.41 Å². The number of halogens is 2. The second kappa shape index (κ2) is 5.85. The van der Waals surface area contributed by atoms with Crippen LogP contribution in [0.25, 0.3) is 10.6 Å². The molecule has 0 radical (unpaired) electrons. The fourth-order valence-electron chi connectivity index (χ4n) is 3.51. The summed E-state index contributed by atoms with van der Waals surface area (Å²) in [5.41, 5.74) is 2.24. The highest BCUT2D eigenvalue weighted by Crippen LogP contribution is 2.44. The number of hydrogen-bond donors (Lipinski definition) is 0. The van der Waals surface area contributed by atoms with Crippen LogP contribution in [-0.4, -0.2) is 11.3 Å². The van der Waals surface area contributed by atoms with Gasteiger partial charge in [0.25, 0.3) is 0 Å². The molecule has 0 spiro atoms. The molecule has 4 rings (SSSR count). The predicted octanol–water partition coefficient (Wildman–Crippen LogP) is 4.63. The van der Waals surface area contributed by atoms with Gasteiger partial charge in [0.15, 0.2) is 0 Å². The molecule has 0 saturated heterocycles. The summed E-state index contributed by atoms with van der Waals surface area (Å²) in [6.45, 7) is 1.71. The molecule has 2 aromatic carbocycles. The van der Waals surface area contributed by atoms with Crippen LogP contribution < -0.4 is 0 Å². The predicted molar refractivity (Wildman–Crippen MR) is 93.8 cm³/mol. The van der Waals surface area contributed by atoms with E-state index in [0.29, 0.717) is 18.4 Å². The Morgan fingerprint density at radius 2 is 1.88 bits per heavy atom. The van der Waals surface area contributed by atoms with Crippen molar-refractivity contribution in [1.82, 2.24) is 4.98 Å². The standard InChI is InChI=1S/C20H15F2NOS/c1-12-15(3-2-4-16(12)22)20(11-24)9-17-18(10-20)25-19(23-17)13-5-7-14(21)8-6-13/h2-8,11H,9-10H2,1H3/t20-/m0/s1. The maximum Gasteiger partial charge on any atom is 0.131 e.